The largest absolute Gasteiger partial charge is 0.478 e. The minimum absolute atomic E-state index is 0.0204. The van der Waals surface area contributed by atoms with Gasteiger partial charge < -0.3 is 9.84 Å². The zero-order valence-electron chi connectivity index (χ0n) is 10.2. The summed E-state index contributed by atoms with van der Waals surface area (Å²) < 4.78 is 28.9. The van der Waals surface area contributed by atoms with Gasteiger partial charge in [-0.05, 0) is 18.2 Å². The maximum Gasteiger partial charge on any atom is 0.335 e. The Bertz CT molecular complexity index is 583. The quantitative estimate of drug-likeness (QED) is 0.600. The molecule has 0 amide bonds. The second-order valence-electron chi connectivity index (χ2n) is 3.72. The molecule has 0 aliphatic rings. The zero-order valence-corrected chi connectivity index (χ0v) is 11.0. The van der Waals surface area contributed by atoms with Gasteiger partial charge in [0.2, 0.25) is 0 Å². The molecule has 102 valence electrons. The summed E-state index contributed by atoms with van der Waals surface area (Å²) in [7, 11) is -3.54. The molecule has 19 heavy (non-hydrogen) atoms. The van der Waals surface area contributed by atoms with Crippen molar-refractivity contribution < 1.29 is 23.1 Å². The molecule has 0 heterocycles. The number of sulfone groups is 1. The van der Waals surface area contributed by atoms with E-state index in [9.17, 15) is 13.2 Å². The third-order valence-electron chi connectivity index (χ3n) is 2.33. The molecule has 0 fully saturated rings. The summed E-state index contributed by atoms with van der Waals surface area (Å²) in [5.41, 5.74) is -0.0608. The zero-order chi connectivity index (χ0) is 14.3. The van der Waals surface area contributed by atoms with E-state index in [0.29, 0.717) is 13.0 Å². The molecular weight excluding hydrogens is 268 g/mol. The monoisotopic (exact) mass is 282 g/mol. The predicted molar refractivity (Wildman–Crippen MR) is 69.7 cm³/mol. The van der Waals surface area contributed by atoms with Crippen molar-refractivity contribution in [3.8, 4) is 12.3 Å². The van der Waals surface area contributed by atoms with Gasteiger partial charge in [0.05, 0.1) is 29.4 Å². The molecule has 1 N–H and O–H groups in total. The molecule has 1 aromatic rings. The van der Waals surface area contributed by atoms with E-state index in [-0.39, 0.29) is 22.8 Å². The first-order valence-electron chi connectivity index (χ1n) is 5.54. The Morgan fingerprint density at radius 2 is 2.11 bits per heavy atom. The molecule has 1 aromatic carbocycles. The van der Waals surface area contributed by atoms with Crippen molar-refractivity contribution in [1.29, 1.82) is 0 Å². The predicted octanol–water partition coefficient (Wildman–Crippen LogP) is 1.20. The van der Waals surface area contributed by atoms with Gasteiger partial charge in [-0.3, -0.25) is 0 Å². The van der Waals surface area contributed by atoms with E-state index in [1.165, 1.54) is 18.2 Å². The van der Waals surface area contributed by atoms with Crippen molar-refractivity contribution in [2.24, 2.45) is 0 Å². The highest BCUT2D eigenvalue weighted by atomic mass is 32.2. The van der Waals surface area contributed by atoms with E-state index in [2.05, 4.69) is 5.92 Å². The Morgan fingerprint density at radius 3 is 2.74 bits per heavy atom. The molecule has 0 aliphatic carbocycles. The molecule has 0 unspecified atom stereocenters. The highest BCUT2D eigenvalue weighted by molar-refractivity contribution is 7.91. The Morgan fingerprint density at radius 1 is 1.37 bits per heavy atom. The van der Waals surface area contributed by atoms with E-state index in [4.69, 9.17) is 16.3 Å². The fourth-order valence-electron chi connectivity index (χ4n) is 1.34. The summed E-state index contributed by atoms with van der Waals surface area (Å²) in [5, 5.41) is 8.81. The van der Waals surface area contributed by atoms with Gasteiger partial charge in [-0.15, -0.1) is 12.3 Å². The van der Waals surface area contributed by atoms with Crippen LogP contribution in [-0.2, 0) is 14.6 Å². The number of hydrogen-bond donors (Lipinski definition) is 1. The molecule has 5 nitrogen and oxygen atoms in total. The summed E-state index contributed by atoms with van der Waals surface area (Å²) in [4.78, 5) is 10.8. The third kappa shape index (κ3) is 4.73. The van der Waals surface area contributed by atoms with Gasteiger partial charge >= 0.3 is 5.97 Å². The van der Waals surface area contributed by atoms with Gasteiger partial charge in [-0.2, -0.15) is 0 Å². The molecule has 0 bridgehead atoms. The van der Waals surface area contributed by atoms with Crippen LogP contribution >= 0.6 is 0 Å². The molecule has 0 saturated carbocycles. The fourth-order valence-corrected chi connectivity index (χ4v) is 2.51. The van der Waals surface area contributed by atoms with Crippen LogP contribution in [0.4, 0.5) is 0 Å². The molecular formula is C13H14O5S. The summed E-state index contributed by atoms with van der Waals surface area (Å²) in [6, 6.07) is 5.24. The lowest BCUT2D eigenvalue weighted by atomic mass is 10.2. The standard InChI is InChI=1S/C13H14O5S/c1-2-3-7-18-8-9-19(16,17)12-6-4-5-11(10-12)13(14)15/h1,4-6,10H,3,7-9H2,(H,14,15). The lowest BCUT2D eigenvalue weighted by Gasteiger charge is -2.05. The minimum Gasteiger partial charge on any atom is -0.478 e. The molecule has 0 spiro atoms. The number of carboxylic acid groups (broad SMARTS) is 1. The van der Waals surface area contributed by atoms with Gasteiger partial charge in [0, 0.05) is 6.42 Å². The topological polar surface area (TPSA) is 80.7 Å². The van der Waals surface area contributed by atoms with Crippen molar-refractivity contribution in [2.45, 2.75) is 11.3 Å². The highest BCUT2D eigenvalue weighted by Crippen LogP contribution is 2.13. The van der Waals surface area contributed by atoms with Crippen LogP contribution in [0.1, 0.15) is 16.8 Å². The van der Waals surface area contributed by atoms with Crippen molar-refractivity contribution in [2.75, 3.05) is 19.0 Å². The molecule has 0 radical (unpaired) electrons. The Balaban J connectivity index is 2.70. The van der Waals surface area contributed by atoms with Crippen LogP contribution in [0.15, 0.2) is 29.2 Å². The number of carbonyl (C=O) groups is 1. The molecule has 0 aliphatic heterocycles. The number of terminal acetylenes is 1. The maximum atomic E-state index is 11.9. The van der Waals surface area contributed by atoms with E-state index >= 15 is 0 Å². The first-order chi connectivity index (χ1) is 8.97. The van der Waals surface area contributed by atoms with E-state index in [1.807, 2.05) is 0 Å². The molecule has 1 rings (SSSR count). The van der Waals surface area contributed by atoms with Gasteiger partial charge in [-0.25, -0.2) is 13.2 Å². The number of benzene rings is 1. The number of ether oxygens (including phenoxy) is 1. The Labute approximate surface area is 112 Å². The van der Waals surface area contributed by atoms with Gasteiger partial charge in [-0.1, -0.05) is 6.07 Å². The Hall–Kier alpha value is -1.84. The van der Waals surface area contributed by atoms with Crippen LogP contribution in [0.2, 0.25) is 0 Å². The summed E-state index contributed by atoms with van der Waals surface area (Å²) in [5.74, 6) is 1.01. The molecule has 0 saturated heterocycles. The van der Waals surface area contributed by atoms with Crippen LogP contribution in [0.5, 0.6) is 0 Å². The normalized spacial score (nSPS) is 10.9. The SMILES string of the molecule is C#CCCOCCS(=O)(=O)c1cccc(C(=O)O)c1. The Kier molecular flexibility index (Phi) is 5.55. The first-order valence-corrected chi connectivity index (χ1v) is 7.20. The van der Waals surface area contributed by atoms with Gasteiger partial charge in [0.25, 0.3) is 0 Å². The molecule has 0 atom stereocenters. The van der Waals surface area contributed by atoms with Crippen LogP contribution in [0, 0.1) is 12.3 Å². The molecule has 0 aromatic heterocycles. The van der Waals surface area contributed by atoms with Crippen molar-refractivity contribution in [3.63, 3.8) is 0 Å². The highest BCUT2D eigenvalue weighted by Gasteiger charge is 2.16. The minimum atomic E-state index is -3.54. The van der Waals surface area contributed by atoms with E-state index in [1.54, 1.807) is 0 Å². The summed E-state index contributed by atoms with van der Waals surface area (Å²) >= 11 is 0. The van der Waals surface area contributed by atoms with Gasteiger partial charge in [0.15, 0.2) is 9.84 Å². The second-order valence-corrected chi connectivity index (χ2v) is 5.83. The summed E-state index contributed by atoms with van der Waals surface area (Å²) in [6.45, 7) is 0.336. The van der Waals surface area contributed by atoms with Crippen molar-refractivity contribution >= 4 is 15.8 Å². The third-order valence-corrected chi connectivity index (χ3v) is 4.00. The second kappa shape index (κ2) is 6.92. The van der Waals surface area contributed by atoms with Crippen LogP contribution in [-0.4, -0.2) is 38.5 Å². The van der Waals surface area contributed by atoms with E-state index < -0.39 is 15.8 Å². The van der Waals surface area contributed by atoms with Crippen LogP contribution < -0.4 is 0 Å². The lowest BCUT2D eigenvalue weighted by molar-refractivity contribution is 0.0696. The number of aromatic carboxylic acids is 1. The smallest absolute Gasteiger partial charge is 0.335 e. The average molecular weight is 282 g/mol. The lowest BCUT2D eigenvalue weighted by Crippen LogP contribution is -2.13. The van der Waals surface area contributed by atoms with E-state index in [0.717, 1.165) is 6.07 Å². The molecule has 6 heteroatoms. The van der Waals surface area contributed by atoms with Gasteiger partial charge in [0.1, 0.15) is 0 Å². The fraction of sp³-hybridized carbons (Fsp3) is 0.308. The van der Waals surface area contributed by atoms with Crippen molar-refractivity contribution in [1.82, 2.24) is 0 Å². The number of rotatable bonds is 7. The number of hydrogen-bond acceptors (Lipinski definition) is 4. The maximum absolute atomic E-state index is 11.9. The number of carboxylic acids is 1. The first kappa shape index (κ1) is 15.2. The summed E-state index contributed by atoms with van der Waals surface area (Å²) in [6.07, 6.45) is 5.45. The average Bonchev–Trinajstić information content (AvgIpc) is 2.38. The van der Waals surface area contributed by atoms with Crippen LogP contribution in [0.3, 0.4) is 0 Å². The van der Waals surface area contributed by atoms with Crippen molar-refractivity contribution in [3.05, 3.63) is 29.8 Å². The van der Waals surface area contributed by atoms with Crippen LogP contribution in [0.25, 0.3) is 0 Å².